The van der Waals surface area contributed by atoms with Crippen molar-refractivity contribution in [1.29, 1.82) is 0 Å². The molecule has 73 valence electrons. The summed E-state index contributed by atoms with van der Waals surface area (Å²) in [5.74, 6) is 5.82. The fourth-order valence-corrected chi connectivity index (χ4v) is 1.20. The number of rotatable bonds is 2. The van der Waals surface area contributed by atoms with Crippen LogP contribution in [0.4, 0.5) is 0 Å². The third-order valence-electron chi connectivity index (χ3n) is 2.05. The molecule has 0 aliphatic rings. The Balaban J connectivity index is 3.02. The summed E-state index contributed by atoms with van der Waals surface area (Å²) >= 11 is 0. The van der Waals surface area contributed by atoms with Crippen molar-refractivity contribution in [2.45, 2.75) is 12.0 Å². The Morgan fingerprint density at radius 1 is 1.29 bits per heavy atom. The van der Waals surface area contributed by atoms with Gasteiger partial charge in [0.25, 0.3) is 0 Å². The van der Waals surface area contributed by atoms with Gasteiger partial charge in [-0.25, -0.2) is 0 Å². The summed E-state index contributed by atoms with van der Waals surface area (Å²) < 4.78 is 0. The van der Waals surface area contributed by atoms with E-state index in [0.717, 1.165) is 5.56 Å². The van der Waals surface area contributed by atoms with Crippen LogP contribution in [-0.4, -0.2) is 6.54 Å². The molecule has 0 saturated heterocycles. The zero-order chi connectivity index (χ0) is 10.4. The summed E-state index contributed by atoms with van der Waals surface area (Å²) in [7, 11) is 0. The van der Waals surface area contributed by atoms with Gasteiger partial charge in [0.1, 0.15) is 5.54 Å². The molecule has 1 aromatic rings. The second kappa shape index (κ2) is 4.80. The second-order valence-corrected chi connectivity index (χ2v) is 3.09. The van der Waals surface area contributed by atoms with E-state index in [1.807, 2.05) is 30.3 Å². The van der Waals surface area contributed by atoms with Crippen molar-refractivity contribution in [1.82, 2.24) is 0 Å². The van der Waals surface area contributed by atoms with Crippen molar-refractivity contribution in [3.63, 3.8) is 0 Å². The van der Waals surface area contributed by atoms with Crippen molar-refractivity contribution in [3.8, 4) is 11.8 Å². The van der Waals surface area contributed by atoms with E-state index < -0.39 is 5.54 Å². The Labute approximate surface area is 85.3 Å². The third-order valence-corrected chi connectivity index (χ3v) is 2.05. The maximum atomic E-state index is 6.08. The molecule has 0 heterocycles. The molecule has 4 N–H and O–H groups in total. The molecular formula is C12H15N2. The predicted octanol–water partition coefficient (Wildman–Crippen LogP) is 1.03. The second-order valence-electron chi connectivity index (χ2n) is 3.09. The van der Waals surface area contributed by atoms with E-state index in [0.29, 0.717) is 13.0 Å². The molecular weight excluding hydrogens is 172 g/mol. The van der Waals surface area contributed by atoms with E-state index in [4.69, 9.17) is 11.5 Å². The Morgan fingerprint density at radius 2 is 1.93 bits per heavy atom. The molecule has 0 fully saturated rings. The fourth-order valence-electron chi connectivity index (χ4n) is 1.20. The van der Waals surface area contributed by atoms with Gasteiger partial charge in [0.05, 0.1) is 0 Å². The molecule has 0 aromatic heterocycles. The molecule has 1 radical (unpaired) electrons. The highest BCUT2D eigenvalue weighted by molar-refractivity contribution is 5.34. The summed E-state index contributed by atoms with van der Waals surface area (Å²) in [4.78, 5) is 0. The van der Waals surface area contributed by atoms with Crippen LogP contribution in [0.15, 0.2) is 30.3 Å². The summed E-state index contributed by atoms with van der Waals surface area (Å²) in [5.41, 5.74) is 11.9. The lowest BCUT2D eigenvalue weighted by Crippen LogP contribution is -2.42. The van der Waals surface area contributed by atoms with Gasteiger partial charge in [-0.3, -0.25) is 0 Å². The van der Waals surface area contributed by atoms with Gasteiger partial charge in [-0.1, -0.05) is 36.3 Å². The predicted molar refractivity (Wildman–Crippen MR) is 59.1 cm³/mol. The van der Waals surface area contributed by atoms with E-state index in [1.54, 1.807) is 0 Å². The molecule has 1 rings (SSSR count). The van der Waals surface area contributed by atoms with Crippen LogP contribution in [0.5, 0.6) is 0 Å². The van der Waals surface area contributed by atoms with Crippen LogP contribution in [0.3, 0.4) is 0 Å². The van der Waals surface area contributed by atoms with Gasteiger partial charge in [0.2, 0.25) is 0 Å². The summed E-state index contributed by atoms with van der Waals surface area (Å²) in [6.45, 7) is 3.96. The zero-order valence-corrected chi connectivity index (χ0v) is 8.16. The number of hydrogen-bond donors (Lipinski definition) is 2. The minimum absolute atomic E-state index is 0.310. The normalized spacial score (nSPS) is 13.9. The molecule has 0 saturated carbocycles. The van der Waals surface area contributed by atoms with Crippen LogP contribution >= 0.6 is 0 Å². The first-order chi connectivity index (χ1) is 6.73. The summed E-state index contributed by atoms with van der Waals surface area (Å²) in [6, 6.07) is 9.67. The van der Waals surface area contributed by atoms with Crippen molar-refractivity contribution in [3.05, 3.63) is 42.8 Å². The minimum atomic E-state index is -0.737. The summed E-state index contributed by atoms with van der Waals surface area (Å²) in [6.07, 6.45) is 0.547. The zero-order valence-electron chi connectivity index (χ0n) is 8.16. The standard InChI is InChI=1S/C12H15N2/c1-2-3-9-12(14,10-13)11-7-5-4-6-8-11/h4-8H,1-2,10,13-14H2. The van der Waals surface area contributed by atoms with Crippen LogP contribution in [0, 0.1) is 18.8 Å². The van der Waals surface area contributed by atoms with Crippen molar-refractivity contribution in [2.75, 3.05) is 6.54 Å². The van der Waals surface area contributed by atoms with Crippen molar-refractivity contribution < 1.29 is 0 Å². The van der Waals surface area contributed by atoms with E-state index in [9.17, 15) is 0 Å². The quantitative estimate of drug-likeness (QED) is 0.679. The van der Waals surface area contributed by atoms with E-state index >= 15 is 0 Å². The van der Waals surface area contributed by atoms with Gasteiger partial charge in [-0.2, -0.15) is 0 Å². The van der Waals surface area contributed by atoms with Crippen LogP contribution in [0.2, 0.25) is 0 Å². The molecule has 1 aromatic carbocycles. The Morgan fingerprint density at radius 3 is 2.43 bits per heavy atom. The van der Waals surface area contributed by atoms with E-state index in [-0.39, 0.29) is 0 Å². The van der Waals surface area contributed by atoms with Crippen LogP contribution < -0.4 is 11.5 Å². The molecule has 0 amide bonds. The molecule has 0 spiro atoms. The molecule has 2 nitrogen and oxygen atoms in total. The average Bonchev–Trinajstić information content (AvgIpc) is 2.27. The first-order valence-electron chi connectivity index (χ1n) is 4.56. The molecule has 0 aliphatic heterocycles. The van der Waals surface area contributed by atoms with Gasteiger partial charge in [0.15, 0.2) is 0 Å². The Bertz CT molecular complexity index is 334. The number of nitrogens with two attached hydrogens (primary N) is 2. The van der Waals surface area contributed by atoms with Gasteiger partial charge in [-0.05, 0) is 12.5 Å². The smallest absolute Gasteiger partial charge is 0.115 e. The lowest BCUT2D eigenvalue weighted by molar-refractivity contribution is 0.597. The molecule has 0 bridgehead atoms. The van der Waals surface area contributed by atoms with Gasteiger partial charge < -0.3 is 11.5 Å². The van der Waals surface area contributed by atoms with Crippen molar-refractivity contribution >= 4 is 0 Å². The SMILES string of the molecule is [CH2]CC#CC(N)(CN)c1ccccc1. The molecule has 1 unspecified atom stereocenters. The van der Waals surface area contributed by atoms with Crippen LogP contribution in [-0.2, 0) is 5.54 Å². The Hall–Kier alpha value is -1.30. The maximum absolute atomic E-state index is 6.08. The van der Waals surface area contributed by atoms with E-state index in [2.05, 4.69) is 18.8 Å². The third kappa shape index (κ3) is 2.35. The highest BCUT2D eigenvalue weighted by atomic mass is 14.8. The van der Waals surface area contributed by atoms with E-state index in [1.165, 1.54) is 0 Å². The minimum Gasteiger partial charge on any atom is -0.328 e. The molecule has 2 heteroatoms. The average molecular weight is 187 g/mol. The van der Waals surface area contributed by atoms with Crippen LogP contribution in [0.1, 0.15) is 12.0 Å². The van der Waals surface area contributed by atoms with Gasteiger partial charge in [0, 0.05) is 13.0 Å². The highest BCUT2D eigenvalue weighted by Gasteiger charge is 2.22. The largest absolute Gasteiger partial charge is 0.328 e. The maximum Gasteiger partial charge on any atom is 0.115 e. The number of hydrogen-bond acceptors (Lipinski definition) is 2. The molecule has 1 atom stereocenters. The van der Waals surface area contributed by atoms with Gasteiger partial charge in [-0.15, -0.1) is 5.92 Å². The topological polar surface area (TPSA) is 52.0 Å². The lowest BCUT2D eigenvalue weighted by Gasteiger charge is -2.21. The monoisotopic (exact) mass is 187 g/mol. The lowest BCUT2D eigenvalue weighted by atomic mass is 9.92. The van der Waals surface area contributed by atoms with Crippen molar-refractivity contribution in [2.24, 2.45) is 11.5 Å². The Kier molecular flexibility index (Phi) is 3.70. The first-order valence-corrected chi connectivity index (χ1v) is 4.56. The summed E-state index contributed by atoms with van der Waals surface area (Å²) in [5, 5.41) is 0. The molecule has 0 aliphatic carbocycles. The first kappa shape index (κ1) is 10.8. The van der Waals surface area contributed by atoms with Gasteiger partial charge >= 0.3 is 0 Å². The number of benzene rings is 1. The fraction of sp³-hybridized carbons (Fsp3) is 0.250. The highest BCUT2D eigenvalue weighted by Crippen LogP contribution is 2.15. The van der Waals surface area contributed by atoms with Crippen LogP contribution in [0.25, 0.3) is 0 Å². The molecule has 14 heavy (non-hydrogen) atoms.